The summed E-state index contributed by atoms with van der Waals surface area (Å²) < 4.78 is 108. The van der Waals surface area contributed by atoms with Crippen molar-refractivity contribution in [1.82, 2.24) is 4.90 Å². The molecule has 0 fully saturated rings. The van der Waals surface area contributed by atoms with Crippen LogP contribution in [0.5, 0.6) is 5.75 Å². The minimum atomic E-state index is -4.94. The van der Waals surface area contributed by atoms with E-state index in [1.807, 2.05) is 0 Å². The number of hydrogen-bond donors (Lipinski definition) is 0. The fraction of sp³-hybridized carbons (Fsp3) is 0.321. The zero-order valence-corrected chi connectivity index (χ0v) is 20.5. The van der Waals surface area contributed by atoms with Crippen LogP contribution in [0.3, 0.4) is 0 Å². The fourth-order valence-corrected chi connectivity index (χ4v) is 4.28. The molecular formula is C28H24F7NO3. The second kappa shape index (κ2) is 11.6. The quantitative estimate of drug-likeness (QED) is 0.160. The number of ether oxygens (including phenoxy) is 2. The van der Waals surface area contributed by atoms with Crippen molar-refractivity contribution in [2.75, 3.05) is 19.7 Å². The summed E-state index contributed by atoms with van der Waals surface area (Å²) in [7, 11) is 0. The molecule has 0 bridgehead atoms. The Balaban J connectivity index is 1.47. The second-order valence-corrected chi connectivity index (χ2v) is 9.17. The van der Waals surface area contributed by atoms with Gasteiger partial charge in [0, 0.05) is 24.2 Å². The van der Waals surface area contributed by atoms with E-state index < -0.39 is 47.9 Å². The molecule has 0 aromatic heterocycles. The molecule has 0 aliphatic carbocycles. The van der Waals surface area contributed by atoms with E-state index in [2.05, 4.69) is 0 Å². The highest BCUT2D eigenvalue weighted by molar-refractivity contribution is 5.74. The molecule has 4 nitrogen and oxygen atoms in total. The van der Waals surface area contributed by atoms with Gasteiger partial charge in [-0.15, -0.1) is 0 Å². The lowest BCUT2D eigenvalue weighted by molar-refractivity contribution is -0.145. The molecule has 4 rings (SSSR count). The van der Waals surface area contributed by atoms with E-state index >= 15 is 8.78 Å². The predicted octanol–water partition coefficient (Wildman–Crippen LogP) is 6.65. The fourth-order valence-electron chi connectivity index (χ4n) is 4.28. The van der Waals surface area contributed by atoms with E-state index in [4.69, 9.17) is 9.47 Å². The number of cyclic esters (lactones) is 1. The van der Waals surface area contributed by atoms with Crippen LogP contribution in [-0.2, 0) is 41.2 Å². The molecule has 0 saturated carbocycles. The van der Waals surface area contributed by atoms with Crippen molar-refractivity contribution in [3.63, 3.8) is 0 Å². The molecule has 0 unspecified atom stereocenters. The molecule has 0 radical (unpaired) electrons. The lowest BCUT2D eigenvalue weighted by Crippen LogP contribution is -2.36. The van der Waals surface area contributed by atoms with Gasteiger partial charge in [0.25, 0.3) is 5.92 Å². The first kappa shape index (κ1) is 28.4. The highest BCUT2D eigenvalue weighted by atomic mass is 19.4. The minimum Gasteiger partial charge on any atom is -0.494 e. The number of nitrogens with zero attached hydrogens (tertiary/aromatic N) is 1. The van der Waals surface area contributed by atoms with Gasteiger partial charge in [-0.2, -0.15) is 22.0 Å². The monoisotopic (exact) mass is 555 g/mol. The third-order valence-corrected chi connectivity index (χ3v) is 6.26. The average molecular weight is 555 g/mol. The molecule has 0 atom stereocenters. The summed E-state index contributed by atoms with van der Waals surface area (Å²) in [4.78, 5) is 12.7. The number of benzene rings is 3. The van der Waals surface area contributed by atoms with Crippen LogP contribution in [0, 0.1) is 11.6 Å². The van der Waals surface area contributed by atoms with Gasteiger partial charge in [-0.25, -0.2) is 8.78 Å². The van der Waals surface area contributed by atoms with Crippen molar-refractivity contribution in [1.29, 1.82) is 0 Å². The summed E-state index contributed by atoms with van der Waals surface area (Å²) in [6.45, 7) is -1.31. The van der Waals surface area contributed by atoms with Crippen molar-refractivity contribution < 1.29 is 45.0 Å². The zero-order chi connectivity index (χ0) is 28.2. The number of carbonyl (C=O) groups is 1. The van der Waals surface area contributed by atoms with Gasteiger partial charge in [0.15, 0.2) is 0 Å². The van der Waals surface area contributed by atoms with Gasteiger partial charge in [-0.05, 0) is 47.9 Å². The second-order valence-electron chi connectivity index (χ2n) is 9.17. The number of esters is 1. The SMILES string of the molecule is O=C1Cc2cc(OCCCN(Cc3cccc(C(F)(F)F)c3F)CC(F)(F)c3ccc(F)cc3)ccc2CO1. The van der Waals surface area contributed by atoms with Gasteiger partial charge in [0.1, 0.15) is 24.0 Å². The van der Waals surface area contributed by atoms with Crippen molar-refractivity contribution in [3.05, 3.63) is 100 Å². The van der Waals surface area contributed by atoms with Gasteiger partial charge in [-0.3, -0.25) is 9.69 Å². The molecule has 0 spiro atoms. The molecule has 1 aliphatic rings. The predicted molar refractivity (Wildman–Crippen MR) is 127 cm³/mol. The Bertz CT molecular complexity index is 1310. The Labute approximate surface area is 219 Å². The average Bonchev–Trinajstić information content (AvgIpc) is 2.87. The van der Waals surface area contributed by atoms with Crippen molar-refractivity contribution in [2.24, 2.45) is 0 Å². The first-order chi connectivity index (χ1) is 18.4. The third-order valence-electron chi connectivity index (χ3n) is 6.26. The van der Waals surface area contributed by atoms with E-state index in [9.17, 15) is 26.7 Å². The van der Waals surface area contributed by atoms with E-state index in [1.54, 1.807) is 18.2 Å². The highest BCUT2D eigenvalue weighted by Gasteiger charge is 2.37. The number of alkyl halides is 5. The third kappa shape index (κ3) is 7.29. The number of halogens is 7. The first-order valence-electron chi connectivity index (χ1n) is 12.0. The maximum atomic E-state index is 15.1. The Kier molecular flexibility index (Phi) is 8.48. The smallest absolute Gasteiger partial charge is 0.419 e. The largest absolute Gasteiger partial charge is 0.494 e. The van der Waals surface area contributed by atoms with Crippen LogP contribution in [0.15, 0.2) is 60.7 Å². The molecule has 1 aliphatic heterocycles. The van der Waals surface area contributed by atoms with Crippen molar-refractivity contribution in [3.8, 4) is 5.75 Å². The van der Waals surface area contributed by atoms with Crippen LogP contribution >= 0.6 is 0 Å². The normalized spacial score (nSPS) is 13.8. The van der Waals surface area contributed by atoms with Gasteiger partial charge >= 0.3 is 12.1 Å². The summed E-state index contributed by atoms with van der Waals surface area (Å²) in [6, 6.07) is 11.4. The van der Waals surface area contributed by atoms with Gasteiger partial charge in [0.05, 0.1) is 25.1 Å². The molecule has 0 saturated heterocycles. The molecule has 0 amide bonds. The maximum absolute atomic E-state index is 15.1. The number of carbonyl (C=O) groups excluding carboxylic acids is 1. The molecule has 3 aromatic rings. The van der Waals surface area contributed by atoms with Crippen LogP contribution in [0.4, 0.5) is 30.7 Å². The maximum Gasteiger partial charge on any atom is 0.419 e. The molecule has 11 heteroatoms. The summed E-state index contributed by atoms with van der Waals surface area (Å²) in [5, 5.41) is 0. The zero-order valence-electron chi connectivity index (χ0n) is 20.5. The molecule has 1 heterocycles. The first-order valence-corrected chi connectivity index (χ1v) is 12.0. The van der Waals surface area contributed by atoms with Gasteiger partial charge in [0.2, 0.25) is 0 Å². The number of fused-ring (bicyclic) bond motifs is 1. The van der Waals surface area contributed by atoms with Gasteiger partial charge in [-0.1, -0.05) is 30.3 Å². The Morgan fingerprint density at radius 3 is 2.38 bits per heavy atom. The highest BCUT2D eigenvalue weighted by Crippen LogP contribution is 2.34. The number of hydrogen-bond acceptors (Lipinski definition) is 4. The van der Waals surface area contributed by atoms with E-state index in [1.165, 1.54) is 0 Å². The van der Waals surface area contributed by atoms with Crippen LogP contribution in [-0.4, -0.2) is 30.6 Å². The molecule has 208 valence electrons. The Morgan fingerprint density at radius 1 is 0.923 bits per heavy atom. The van der Waals surface area contributed by atoms with Gasteiger partial charge < -0.3 is 9.47 Å². The molecule has 3 aromatic carbocycles. The lowest BCUT2D eigenvalue weighted by atomic mass is 10.0. The van der Waals surface area contributed by atoms with Crippen molar-refractivity contribution in [2.45, 2.75) is 38.1 Å². The van der Waals surface area contributed by atoms with Crippen LogP contribution in [0.2, 0.25) is 0 Å². The summed E-state index contributed by atoms with van der Waals surface area (Å²) >= 11 is 0. The molecule has 39 heavy (non-hydrogen) atoms. The summed E-state index contributed by atoms with van der Waals surface area (Å²) in [6.07, 6.45) is -4.66. The van der Waals surface area contributed by atoms with E-state index in [-0.39, 0.29) is 44.1 Å². The number of rotatable bonds is 10. The Hall–Kier alpha value is -3.60. The van der Waals surface area contributed by atoms with Crippen LogP contribution in [0.1, 0.15) is 34.2 Å². The lowest BCUT2D eigenvalue weighted by Gasteiger charge is -2.28. The summed E-state index contributed by atoms with van der Waals surface area (Å²) in [5.74, 6) is -5.63. The van der Waals surface area contributed by atoms with Crippen LogP contribution < -0.4 is 4.74 Å². The standard InChI is InChI=1S/C28H24F7NO3/c29-22-8-6-21(7-9-22)27(31,32)17-36(15-18-3-1-4-24(26(18)30)28(33,34)35)11-2-12-38-23-10-5-19-16-39-25(37)14-20(19)13-23/h1,3-10,13H,2,11-12,14-17H2. The molecular weight excluding hydrogens is 531 g/mol. The molecule has 0 N–H and O–H groups in total. The van der Waals surface area contributed by atoms with E-state index in [0.717, 1.165) is 52.4 Å². The summed E-state index contributed by atoms with van der Waals surface area (Å²) in [5.41, 5.74) is -0.752. The minimum absolute atomic E-state index is 0.0624. The van der Waals surface area contributed by atoms with E-state index in [0.29, 0.717) is 11.8 Å². The van der Waals surface area contributed by atoms with Crippen molar-refractivity contribution >= 4 is 5.97 Å². The topological polar surface area (TPSA) is 38.8 Å². The Morgan fingerprint density at radius 2 is 1.67 bits per heavy atom. The van der Waals surface area contributed by atoms with Crippen LogP contribution in [0.25, 0.3) is 0 Å².